The van der Waals surface area contributed by atoms with Crippen molar-refractivity contribution in [2.24, 2.45) is 0 Å². The van der Waals surface area contributed by atoms with Gasteiger partial charge in [0.25, 0.3) is 0 Å². The number of hydrogen-bond donors (Lipinski definition) is 3. The molecule has 3 N–H and O–H groups in total. The summed E-state index contributed by atoms with van der Waals surface area (Å²) in [6, 6.07) is -0.691. The van der Waals surface area contributed by atoms with E-state index in [1.165, 1.54) is 199 Å². The van der Waals surface area contributed by atoms with Crippen LogP contribution in [0, 0.1) is 0 Å². The van der Waals surface area contributed by atoms with E-state index in [1.807, 2.05) is 0 Å². The number of rotatable bonds is 46. The standard InChI is InChI=1S/C50H99NO5/c1-4-7-10-13-16-19-22-24-25-28-31-34-37-40-43-50(55)56-46(41-38-35-32-29-26-21-18-15-12-9-6-3)44-49(54)51-47(45-52)48(53)42-39-36-33-30-27-23-20-17-14-11-8-5-2/h46-48,52-53H,4-45H2,1-3H3,(H,51,54). The van der Waals surface area contributed by atoms with Gasteiger partial charge >= 0.3 is 5.97 Å². The van der Waals surface area contributed by atoms with Crippen molar-refractivity contribution in [2.75, 3.05) is 6.61 Å². The van der Waals surface area contributed by atoms with E-state index < -0.39 is 18.2 Å². The summed E-state index contributed by atoms with van der Waals surface area (Å²) in [6.45, 7) is 6.50. The highest BCUT2D eigenvalue weighted by Gasteiger charge is 2.24. The number of amides is 1. The van der Waals surface area contributed by atoms with Crippen molar-refractivity contribution in [1.29, 1.82) is 0 Å². The van der Waals surface area contributed by atoms with Gasteiger partial charge in [0.05, 0.1) is 25.2 Å². The summed E-state index contributed by atoms with van der Waals surface area (Å²) in [4.78, 5) is 26.1. The van der Waals surface area contributed by atoms with Crippen molar-refractivity contribution in [3.8, 4) is 0 Å². The Hall–Kier alpha value is -1.14. The van der Waals surface area contributed by atoms with Gasteiger partial charge in [-0.15, -0.1) is 0 Å². The number of ether oxygens (including phenoxy) is 1. The van der Waals surface area contributed by atoms with E-state index in [0.717, 1.165) is 38.5 Å². The zero-order valence-electron chi connectivity index (χ0n) is 38.0. The summed E-state index contributed by atoms with van der Waals surface area (Å²) in [5.74, 6) is -0.453. The van der Waals surface area contributed by atoms with Crippen LogP contribution in [-0.2, 0) is 14.3 Å². The van der Waals surface area contributed by atoms with Crippen LogP contribution in [0.25, 0.3) is 0 Å². The number of nitrogens with one attached hydrogen (secondary N) is 1. The molecule has 0 saturated carbocycles. The van der Waals surface area contributed by atoms with E-state index >= 15 is 0 Å². The highest BCUT2D eigenvalue weighted by Crippen LogP contribution is 2.19. The minimum Gasteiger partial charge on any atom is -0.462 e. The normalized spacial score (nSPS) is 13.2. The smallest absolute Gasteiger partial charge is 0.306 e. The second-order valence-electron chi connectivity index (χ2n) is 17.6. The monoisotopic (exact) mass is 794 g/mol. The Labute approximate surface area is 349 Å². The van der Waals surface area contributed by atoms with Crippen LogP contribution in [-0.4, -0.2) is 46.9 Å². The summed E-state index contributed by atoms with van der Waals surface area (Å²) >= 11 is 0. The number of aliphatic hydroxyl groups is 2. The maximum absolute atomic E-state index is 13.2. The van der Waals surface area contributed by atoms with Crippen molar-refractivity contribution < 1.29 is 24.5 Å². The molecule has 0 spiro atoms. The Morgan fingerprint density at radius 2 is 0.750 bits per heavy atom. The van der Waals surface area contributed by atoms with Crippen LogP contribution >= 0.6 is 0 Å². The molecule has 0 aliphatic carbocycles. The van der Waals surface area contributed by atoms with E-state index in [2.05, 4.69) is 26.1 Å². The van der Waals surface area contributed by atoms with Crippen molar-refractivity contribution in [3.63, 3.8) is 0 Å². The van der Waals surface area contributed by atoms with Crippen LogP contribution in [0.4, 0.5) is 0 Å². The molecule has 0 aliphatic heterocycles. The molecule has 0 bridgehead atoms. The van der Waals surface area contributed by atoms with Crippen molar-refractivity contribution in [2.45, 2.75) is 302 Å². The fourth-order valence-corrected chi connectivity index (χ4v) is 8.08. The second kappa shape index (κ2) is 45.0. The van der Waals surface area contributed by atoms with Gasteiger partial charge < -0.3 is 20.3 Å². The Bertz CT molecular complexity index is 806. The zero-order valence-corrected chi connectivity index (χ0v) is 38.0. The maximum atomic E-state index is 13.2. The number of hydrogen-bond acceptors (Lipinski definition) is 5. The Kier molecular flexibility index (Phi) is 44.0. The van der Waals surface area contributed by atoms with Crippen LogP contribution in [0.15, 0.2) is 0 Å². The van der Waals surface area contributed by atoms with Gasteiger partial charge in [-0.2, -0.15) is 0 Å². The molecule has 6 heteroatoms. The zero-order chi connectivity index (χ0) is 41.0. The lowest BCUT2D eigenvalue weighted by Gasteiger charge is -2.24. The number of carbonyl (C=O) groups is 2. The summed E-state index contributed by atoms with van der Waals surface area (Å²) in [6.07, 6.45) is 47.3. The molecule has 0 aliphatic rings. The molecule has 0 aromatic carbocycles. The topological polar surface area (TPSA) is 95.9 Å². The van der Waals surface area contributed by atoms with Gasteiger partial charge in [-0.3, -0.25) is 9.59 Å². The average Bonchev–Trinajstić information content (AvgIpc) is 3.19. The molecule has 0 aromatic rings. The molecule has 56 heavy (non-hydrogen) atoms. The number of unbranched alkanes of at least 4 members (excludes halogenated alkanes) is 34. The van der Waals surface area contributed by atoms with E-state index in [9.17, 15) is 19.8 Å². The fourth-order valence-electron chi connectivity index (χ4n) is 8.08. The van der Waals surface area contributed by atoms with Gasteiger partial charge in [-0.05, 0) is 25.7 Å². The van der Waals surface area contributed by atoms with Crippen LogP contribution in [0.5, 0.6) is 0 Å². The van der Waals surface area contributed by atoms with E-state index in [1.54, 1.807) is 0 Å². The summed E-state index contributed by atoms with van der Waals surface area (Å²) < 4.78 is 5.93. The molecule has 3 unspecified atom stereocenters. The quantitative estimate of drug-likeness (QED) is 0.0421. The summed E-state index contributed by atoms with van der Waals surface area (Å²) in [5.41, 5.74) is 0. The number of carbonyl (C=O) groups excluding carboxylic acids is 2. The minimum atomic E-state index is -0.778. The number of esters is 1. The molecular formula is C50H99NO5. The Morgan fingerprint density at radius 3 is 1.09 bits per heavy atom. The van der Waals surface area contributed by atoms with Gasteiger partial charge in [-0.1, -0.05) is 245 Å². The average molecular weight is 794 g/mol. The first-order chi connectivity index (χ1) is 27.5. The Morgan fingerprint density at radius 1 is 0.446 bits per heavy atom. The largest absolute Gasteiger partial charge is 0.462 e. The third-order valence-electron chi connectivity index (χ3n) is 11.9. The summed E-state index contributed by atoms with van der Waals surface area (Å²) in [7, 11) is 0. The predicted molar refractivity (Wildman–Crippen MR) is 241 cm³/mol. The van der Waals surface area contributed by atoms with Crippen molar-refractivity contribution in [3.05, 3.63) is 0 Å². The van der Waals surface area contributed by atoms with Crippen LogP contribution in [0.1, 0.15) is 284 Å². The van der Waals surface area contributed by atoms with Crippen LogP contribution in [0.2, 0.25) is 0 Å². The Balaban J connectivity index is 4.49. The highest BCUT2D eigenvalue weighted by molar-refractivity contribution is 5.77. The fraction of sp³-hybridized carbons (Fsp3) is 0.960. The first-order valence-electron chi connectivity index (χ1n) is 25.3. The lowest BCUT2D eigenvalue weighted by atomic mass is 10.0. The molecule has 1 amide bonds. The lowest BCUT2D eigenvalue weighted by Crippen LogP contribution is -2.46. The maximum Gasteiger partial charge on any atom is 0.306 e. The number of aliphatic hydroxyl groups excluding tert-OH is 2. The third-order valence-corrected chi connectivity index (χ3v) is 11.9. The molecule has 6 nitrogen and oxygen atoms in total. The highest BCUT2D eigenvalue weighted by atomic mass is 16.5. The van der Waals surface area contributed by atoms with Crippen LogP contribution in [0.3, 0.4) is 0 Å². The van der Waals surface area contributed by atoms with E-state index in [-0.39, 0.29) is 24.9 Å². The first kappa shape index (κ1) is 54.9. The molecule has 334 valence electrons. The summed E-state index contributed by atoms with van der Waals surface area (Å²) in [5, 5.41) is 23.7. The van der Waals surface area contributed by atoms with Gasteiger partial charge in [0.15, 0.2) is 0 Å². The molecule has 0 heterocycles. The predicted octanol–water partition coefficient (Wildman–Crippen LogP) is 14.8. The molecule has 0 radical (unpaired) electrons. The van der Waals surface area contributed by atoms with Gasteiger partial charge in [0, 0.05) is 6.42 Å². The van der Waals surface area contributed by atoms with Crippen molar-refractivity contribution in [1.82, 2.24) is 5.32 Å². The molecule has 0 saturated heterocycles. The van der Waals surface area contributed by atoms with Crippen LogP contribution < -0.4 is 5.32 Å². The molecule has 0 rings (SSSR count). The van der Waals surface area contributed by atoms with Gasteiger partial charge in [-0.25, -0.2) is 0 Å². The van der Waals surface area contributed by atoms with E-state index in [4.69, 9.17) is 4.74 Å². The lowest BCUT2D eigenvalue weighted by molar-refractivity contribution is -0.151. The van der Waals surface area contributed by atoms with Gasteiger partial charge in [0.2, 0.25) is 5.91 Å². The molecule has 0 fully saturated rings. The first-order valence-corrected chi connectivity index (χ1v) is 25.3. The van der Waals surface area contributed by atoms with E-state index in [0.29, 0.717) is 19.3 Å². The van der Waals surface area contributed by atoms with Gasteiger partial charge in [0.1, 0.15) is 6.10 Å². The van der Waals surface area contributed by atoms with Crippen molar-refractivity contribution >= 4 is 11.9 Å². The molecule has 3 atom stereocenters. The second-order valence-corrected chi connectivity index (χ2v) is 17.6. The minimum absolute atomic E-state index is 0.0874. The molecule has 0 aromatic heterocycles. The third kappa shape index (κ3) is 39.7. The SMILES string of the molecule is CCCCCCCCCCCCCCCCC(=O)OC(CCCCCCCCCCCCC)CC(=O)NC(CO)C(O)CCCCCCCCCCCCCC. The molecular weight excluding hydrogens is 695 g/mol.